The molecule has 4 rings (SSSR count). The van der Waals surface area contributed by atoms with Gasteiger partial charge in [-0.1, -0.05) is 60.7 Å². The SMILES string of the molecule is C[C@H](c1ccccc1)N(C(=O)O)c1c(NC=O)nnc2cc(-c3ccc(C[SH](=O)=O)cc3)ccc12. The van der Waals surface area contributed by atoms with Crippen LogP contribution in [-0.2, 0) is 21.3 Å². The average molecular weight is 491 g/mol. The smallest absolute Gasteiger partial charge is 0.412 e. The van der Waals surface area contributed by atoms with Crippen molar-refractivity contribution >= 4 is 45.6 Å². The number of hydrogen-bond acceptors (Lipinski definition) is 6. The second-order valence-electron chi connectivity index (χ2n) is 7.82. The number of benzene rings is 3. The molecule has 1 aromatic heterocycles. The van der Waals surface area contributed by atoms with E-state index in [0.29, 0.717) is 22.9 Å². The van der Waals surface area contributed by atoms with Crippen LogP contribution in [0.15, 0.2) is 72.8 Å². The van der Waals surface area contributed by atoms with Crippen molar-refractivity contribution in [3.63, 3.8) is 0 Å². The molecule has 0 bridgehead atoms. The van der Waals surface area contributed by atoms with Crippen LogP contribution >= 0.6 is 0 Å². The van der Waals surface area contributed by atoms with Crippen LogP contribution in [0.4, 0.5) is 16.3 Å². The fourth-order valence-corrected chi connectivity index (χ4v) is 4.47. The van der Waals surface area contributed by atoms with Crippen molar-refractivity contribution in [2.75, 3.05) is 10.2 Å². The molecule has 2 N–H and O–H groups in total. The zero-order valence-corrected chi connectivity index (χ0v) is 19.6. The first-order valence-corrected chi connectivity index (χ1v) is 12.0. The van der Waals surface area contributed by atoms with Gasteiger partial charge in [-0.05, 0) is 41.3 Å². The Hall–Kier alpha value is -4.31. The Morgan fingerprint density at radius 3 is 2.34 bits per heavy atom. The van der Waals surface area contributed by atoms with Gasteiger partial charge < -0.3 is 10.4 Å². The second-order valence-corrected chi connectivity index (χ2v) is 8.80. The van der Waals surface area contributed by atoms with Gasteiger partial charge in [0.1, 0.15) is 16.4 Å². The van der Waals surface area contributed by atoms with Gasteiger partial charge in [-0.15, -0.1) is 10.2 Å². The average Bonchev–Trinajstić information content (AvgIpc) is 2.85. The summed E-state index contributed by atoms with van der Waals surface area (Å²) in [5.74, 6) is 0.000702. The highest BCUT2D eigenvalue weighted by atomic mass is 32.2. The van der Waals surface area contributed by atoms with Crippen molar-refractivity contribution in [2.24, 2.45) is 0 Å². The predicted molar refractivity (Wildman–Crippen MR) is 134 cm³/mol. The number of aromatic nitrogens is 2. The maximum Gasteiger partial charge on any atom is 0.412 e. The largest absolute Gasteiger partial charge is 0.465 e. The highest BCUT2D eigenvalue weighted by molar-refractivity contribution is 7.71. The number of nitrogens with zero attached hydrogens (tertiary/aromatic N) is 3. The van der Waals surface area contributed by atoms with Crippen LogP contribution in [0.2, 0.25) is 0 Å². The summed E-state index contributed by atoms with van der Waals surface area (Å²) in [6.07, 6.45) is -0.779. The van der Waals surface area contributed by atoms with Crippen molar-refractivity contribution in [1.82, 2.24) is 10.2 Å². The number of thiol groups is 1. The van der Waals surface area contributed by atoms with Crippen LogP contribution in [0.1, 0.15) is 24.1 Å². The fraction of sp³-hybridized carbons (Fsp3) is 0.120. The number of carbonyl (C=O) groups is 2. The number of nitrogens with one attached hydrogen (secondary N) is 1. The molecular formula is C25H22N4O5S. The monoisotopic (exact) mass is 490 g/mol. The number of carbonyl (C=O) groups excluding carboxylic acids is 1. The van der Waals surface area contributed by atoms with E-state index in [2.05, 4.69) is 15.5 Å². The van der Waals surface area contributed by atoms with Gasteiger partial charge in [-0.25, -0.2) is 13.2 Å². The van der Waals surface area contributed by atoms with Gasteiger partial charge in [0, 0.05) is 5.39 Å². The van der Waals surface area contributed by atoms with E-state index in [1.54, 1.807) is 31.2 Å². The summed E-state index contributed by atoms with van der Waals surface area (Å²) >= 11 is 0. The number of amides is 2. The second kappa shape index (κ2) is 10.3. The first-order chi connectivity index (χ1) is 16.9. The number of fused-ring (bicyclic) bond motifs is 1. The Labute approximate surface area is 203 Å². The van der Waals surface area contributed by atoms with E-state index < -0.39 is 22.8 Å². The standard InChI is InChI=1S/C25H22N4O5S/c1-16(18-5-3-2-4-6-18)29(25(31)32)23-21-12-11-20(13-22(21)27-28-24(23)26-15-30)19-9-7-17(8-10-19)14-35(33)34/h2-13,15-16,35H,14H2,1H3,(H,31,32)(H,26,28,30)/t16-/m1/s1. The zero-order chi connectivity index (χ0) is 24.9. The van der Waals surface area contributed by atoms with Crippen molar-refractivity contribution < 1.29 is 23.1 Å². The zero-order valence-electron chi connectivity index (χ0n) is 18.7. The molecule has 35 heavy (non-hydrogen) atoms. The van der Waals surface area contributed by atoms with Crippen LogP contribution in [0, 0.1) is 0 Å². The Bertz CT molecular complexity index is 1450. The quantitative estimate of drug-likeness (QED) is 0.249. The maximum atomic E-state index is 12.4. The molecule has 1 heterocycles. The number of rotatable bonds is 8. The maximum absolute atomic E-state index is 12.4. The molecule has 0 aliphatic heterocycles. The number of carboxylic acid groups (broad SMARTS) is 1. The van der Waals surface area contributed by atoms with E-state index in [1.165, 1.54) is 0 Å². The van der Waals surface area contributed by atoms with E-state index in [1.807, 2.05) is 48.5 Å². The molecule has 0 saturated heterocycles. The summed E-state index contributed by atoms with van der Waals surface area (Å²) in [4.78, 5) is 24.8. The summed E-state index contributed by atoms with van der Waals surface area (Å²) in [6.45, 7) is 1.76. The molecular weight excluding hydrogens is 468 g/mol. The van der Waals surface area contributed by atoms with E-state index in [0.717, 1.165) is 21.6 Å². The molecule has 2 amide bonds. The Morgan fingerprint density at radius 1 is 1.03 bits per heavy atom. The summed E-state index contributed by atoms with van der Waals surface area (Å²) < 4.78 is 21.9. The first kappa shape index (κ1) is 23.8. The fourth-order valence-electron chi connectivity index (χ4n) is 3.96. The van der Waals surface area contributed by atoms with Crippen LogP contribution in [-0.4, -0.2) is 36.2 Å². The normalized spacial score (nSPS) is 11.8. The minimum atomic E-state index is -2.51. The summed E-state index contributed by atoms with van der Waals surface area (Å²) in [5, 5.41) is 21.4. The third-order valence-corrected chi connectivity index (χ3v) is 6.27. The number of hydrogen-bond donors (Lipinski definition) is 3. The van der Waals surface area contributed by atoms with Crippen LogP contribution in [0.5, 0.6) is 0 Å². The molecule has 0 aliphatic carbocycles. The summed E-state index contributed by atoms with van der Waals surface area (Å²) in [6, 6.07) is 21.0. The van der Waals surface area contributed by atoms with Crippen LogP contribution < -0.4 is 10.2 Å². The molecule has 4 aromatic rings. The van der Waals surface area contributed by atoms with Gasteiger partial charge in [0.2, 0.25) is 6.41 Å². The minimum absolute atomic E-state index is 0.0285. The van der Waals surface area contributed by atoms with Gasteiger partial charge in [0.05, 0.1) is 17.3 Å². The number of anilines is 2. The lowest BCUT2D eigenvalue weighted by molar-refractivity contribution is -0.105. The van der Waals surface area contributed by atoms with Crippen molar-refractivity contribution in [3.05, 3.63) is 83.9 Å². The highest BCUT2D eigenvalue weighted by Crippen LogP contribution is 2.38. The molecule has 0 fully saturated rings. The van der Waals surface area contributed by atoms with E-state index in [-0.39, 0.29) is 17.3 Å². The van der Waals surface area contributed by atoms with Gasteiger partial charge >= 0.3 is 6.09 Å². The molecule has 9 nitrogen and oxygen atoms in total. The molecule has 1 atom stereocenters. The van der Waals surface area contributed by atoms with E-state index in [4.69, 9.17) is 0 Å². The third kappa shape index (κ3) is 5.12. The Balaban J connectivity index is 1.83. The molecule has 0 spiro atoms. The van der Waals surface area contributed by atoms with E-state index in [9.17, 15) is 23.1 Å². The Morgan fingerprint density at radius 2 is 1.71 bits per heavy atom. The summed E-state index contributed by atoms with van der Waals surface area (Å²) in [5.41, 5.74) is 3.74. The predicted octanol–water partition coefficient (Wildman–Crippen LogP) is 4.22. The lowest BCUT2D eigenvalue weighted by Gasteiger charge is -2.29. The molecule has 0 radical (unpaired) electrons. The third-order valence-electron chi connectivity index (χ3n) is 5.65. The molecule has 3 aromatic carbocycles. The molecule has 0 unspecified atom stereocenters. The van der Waals surface area contributed by atoms with Gasteiger partial charge in [0.15, 0.2) is 5.82 Å². The summed E-state index contributed by atoms with van der Waals surface area (Å²) in [7, 11) is -2.51. The van der Waals surface area contributed by atoms with Gasteiger partial charge in [-0.2, -0.15) is 0 Å². The van der Waals surface area contributed by atoms with Gasteiger partial charge in [0.25, 0.3) is 0 Å². The molecule has 10 heteroatoms. The first-order valence-electron chi connectivity index (χ1n) is 10.7. The molecule has 0 aliphatic rings. The van der Waals surface area contributed by atoms with Crippen molar-refractivity contribution in [2.45, 2.75) is 18.7 Å². The lowest BCUT2D eigenvalue weighted by Crippen LogP contribution is -2.33. The topological polar surface area (TPSA) is 130 Å². The minimum Gasteiger partial charge on any atom is -0.465 e. The lowest BCUT2D eigenvalue weighted by atomic mass is 10.0. The van der Waals surface area contributed by atoms with Crippen LogP contribution in [0.3, 0.4) is 0 Å². The van der Waals surface area contributed by atoms with Crippen molar-refractivity contribution in [1.29, 1.82) is 0 Å². The van der Waals surface area contributed by atoms with E-state index >= 15 is 0 Å². The van der Waals surface area contributed by atoms with Crippen LogP contribution in [0.25, 0.3) is 22.0 Å². The molecule has 0 saturated carbocycles. The Kier molecular flexibility index (Phi) is 7.02. The molecule has 178 valence electrons. The highest BCUT2D eigenvalue weighted by Gasteiger charge is 2.28. The van der Waals surface area contributed by atoms with Crippen molar-refractivity contribution in [3.8, 4) is 11.1 Å². The van der Waals surface area contributed by atoms with Gasteiger partial charge in [-0.3, -0.25) is 9.69 Å².